The number of nitriles is 1. The maximum atomic E-state index is 8.64. The molecule has 0 saturated carbocycles. The molecule has 0 atom stereocenters. The van der Waals surface area contributed by atoms with Crippen LogP contribution in [0.1, 0.15) is 22.9 Å². The van der Waals surface area contributed by atoms with Crippen molar-refractivity contribution in [3.8, 4) is 6.07 Å². The van der Waals surface area contributed by atoms with Crippen molar-refractivity contribution in [2.75, 3.05) is 5.32 Å². The number of anilines is 1. The number of rotatable bonds is 3. The molecule has 0 saturated heterocycles. The Kier molecular flexibility index (Phi) is 3.10. The molecule has 2 rings (SSSR count). The summed E-state index contributed by atoms with van der Waals surface area (Å²) in [5.41, 5.74) is 2.93. The second-order valence-electron chi connectivity index (χ2n) is 3.82. The van der Waals surface area contributed by atoms with Crippen LogP contribution in [0, 0.1) is 25.2 Å². The van der Waals surface area contributed by atoms with Crippen LogP contribution in [-0.2, 0) is 6.54 Å². The standard InChI is InChI=1S/C13H13N3O/c1-9-3-6-13(10(2)16-9)15-8-12-5-4-11(7-14)17-12/h3-6,15H,8H2,1-2H3. The van der Waals surface area contributed by atoms with Gasteiger partial charge in [-0.1, -0.05) is 0 Å². The van der Waals surface area contributed by atoms with E-state index < -0.39 is 0 Å². The van der Waals surface area contributed by atoms with Crippen molar-refractivity contribution in [3.05, 3.63) is 47.2 Å². The van der Waals surface area contributed by atoms with E-state index in [1.807, 2.05) is 32.0 Å². The molecule has 0 bridgehead atoms. The normalized spacial score (nSPS) is 9.94. The second kappa shape index (κ2) is 4.71. The smallest absolute Gasteiger partial charge is 0.203 e. The fourth-order valence-electron chi connectivity index (χ4n) is 1.59. The van der Waals surface area contributed by atoms with E-state index in [4.69, 9.17) is 9.68 Å². The third-order valence-electron chi connectivity index (χ3n) is 2.45. The first-order chi connectivity index (χ1) is 8.19. The van der Waals surface area contributed by atoms with Crippen LogP contribution < -0.4 is 5.32 Å². The van der Waals surface area contributed by atoms with Crippen LogP contribution in [0.15, 0.2) is 28.7 Å². The largest absolute Gasteiger partial charge is 0.449 e. The Hall–Kier alpha value is -2.28. The maximum absolute atomic E-state index is 8.64. The van der Waals surface area contributed by atoms with E-state index >= 15 is 0 Å². The Morgan fingerprint density at radius 1 is 1.29 bits per heavy atom. The molecule has 0 aliphatic heterocycles. The van der Waals surface area contributed by atoms with Gasteiger partial charge in [0.05, 0.1) is 17.9 Å². The van der Waals surface area contributed by atoms with Crippen LogP contribution in [0.3, 0.4) is 0 Å². The van der Waals surface area contributed by atoms with Crippen LogP contribution in [0.25, 0.3) is 0 Å². The minimum Gasteiger partial charge on any atom is -0.449 e. The van der Waals surface area contributed by atoms with Crippen molar-refractivity contribution >= 4 is 5.69 Å². The SMILES string of the molecule is Cc1ccc(NCc2ccc(C#N)o2)c(C)n1. The van der Waals surface area contributed by atoms with Crippen LogP contribution in [0.4, 0.5) is 5.69 Å². The van der Waals surface area contributed by atoms with Gasteiger partial charge in [-0.2, -0.15) is 5.26 Å². The fraction of sp³-hybridized carbons (Fsp3) is 0.231. The summed E-state index contributed by atoms with van der Waals surface area (Å²) in [5, 5.41) is 11.9. The quantitative estimate of drug-likeness (QED) is 0.875. The molecule has 0 unspecified atom stereocenters. The molecule has 4 heteroatoms. The number of hydrogen-bond acceptors (Lipinski definition) is 4. The number of aromatic nitrogens is 1. The predicted molar refractivity (Wildman–Crippen MR) is 64.5 cm³/mol. The lowest BCUT2D eigenvalue weighted by Crippen LogP contribution is -2.01. The first kappa shape index (κ1) is 11.2. The summed E-state index contributed by atoms with van der Waals surface area (Å²) in [7, 11) is 0. The highest BCUT2D eigenvalue weighted by atomic mass is 16.3. The first-order valence-electron chi connectivity index (χ1n) is 5.36. The third-order valence-corrected chi connectivity index (χ3v) is 2.45. The zero-order chi connectivity index (χ0) is 12.3. The first-order valence-corrected chi connectivity index (χ1v) is 5.36. The number of aryl methyl sites for hydroxylation is 2. The van der Waals surface area contributed by atoms with Gasteiger partial charge < -0.3 is 9.73 Å². The Morgan fingerprint density at radius 2 is 2.12 bits per heavy atom. The molecule has 2 aromatic rings. The van der Waals surface area contributed by atoms with Gasteiger partial charge in [-0.25, -0.2) is 0 Å². The van der Waals surface area contributed by atoms with Crippen LogP contribution in [0.5, 0.6) is 0 Å². The average Bonchev–Trinajstić information content (AvgIpc) is 2.76. The minimum absolute atomic E-state index is 0.334. The van der Waals surface area contributed by atoms with Gasteiger partial charge >= 0.3 is 0 Å². The van der Waals surface area contributed by atoms with Crippen molar-refractivity contribution < 1.29 is 4.42 Å². The van der Waals surface area contributed by atoms with E-state index in [0.717, 1.165) is 22.8 Å². The number of furan rings is 1. The number of nitrogens with one attached hydrogen (secondary N) is 1. The van der Waals surface area contributed by atoms with Gasteiger partial charge in [-0.05, 0) is 38.1 Å². The third kappa shape index (κ3) is 2.64. The number of nitrogens with zero attached hydrogens (tertiary/aromatic N) is 2. The Balaban J connectivity index is 2.05. The summed E-state index contributed by atoms with van der Waals surface area (Å²) in [6.45, 7) is 4.47. The Labute approximate surface area is 99.9 Å². The van der Waals surface area contributed by atoms with Gasteiger partial charge in [0.2, 0.25) is 5.76 Å². The lowest BCUT2D eigenvalue weighted by molar-refractivity contribution is 0.506. The molecule has 17 heavy (non-hydrogen) atoms. The highest BCUT2D eigenvalue weighted by Gasteiger charge is 2.03. The van der Waals surface area contributed by atoms with E-state index in [0.29, 0.717) is 12.3 Å². The second-order valence-corrected chi connectivity index (χ2v) is 3.82. The van der Waals surface area contributed by atoms with Gasteiger partial charge in [0, 0.05) is 5.69 Å². The van der Waals surface area contributed by atoms with E-state index in [1.165, 1.54) is 0 Å². The summed E-state index contributed by atoms with van der Waals surface area (Å²) in [6.07, 6.45) is 0. The molecule has 0 spiro atoms. The molecular weight excluding hydrogens is 214 g/mol. The molecule has 2 heterocycles. The summed E-state index contributed by atoms with van der Waals surface area (Å²) in [4.78, 5) is 4.36. The number of pyridine rings is 1. The molecule has 0 aliphatic carbocycles. The van der Waals surface area contributed by atoms with E-state index in [2.05, 4.69) is 10.3 Å². The molecule has 2 aromatic heterocycles. The molecule has 1 N–H and O–H groups in total. The Morgan fingerprint density at radius 3 is 2.76 bits per heavy atom. The molecule has 4 nitrogen and oxygen atoms in total. The molecule has 0 fully saturated rings. The average molecular weight is 227 g/mol. The molecule has 0 aromatic carbocycles. The van der Waals surface area contributed by atoms with Crippen LogP contribution >= 0.6 is 0 Å². The van der Waals surface area contributed by atoms with E-state index in [-0.39, 0.29) is 0 Å². The summed E-state index contributed by atoms with van der Waals surface area (Å²) >= 11 is 0. The number of hydrogen-bond donors (Lipinski definition) is 1. The van der Waals surface area contributed by atoms with E-state index in [9.17, 15) is 0 Å². The monoisotopic (exact) mass is 227 g/mol. The van der Waals surface area contributed by atoms with Crippen LogP contribution in [0.2, 0.25) is 0 Å². The zero-order valence-corrected chi connectivity index (χ0v) is 9.82. The topological polar surface area (TPSA) is 61.9 Å². The van der Waals surface area contributed by atoms with Gasteiger partial charge in [0.1, 0.15) is 11.8 Å². The lowest BCUT2D eigenvalue weighted by atomic mass is 10.2. The molecule has 0 amide bonds. The minimum atomic E-state index is 0.334. The fourth-order valence-corrected chi connectivity index (χ4v) is 1.59. The molecule has 86 valence electrons. The van der Waals surface area contributed by atoms with Crippen molar-refractivity contribution in [1.29, 1.82) is 5.26 Å². The summed E-state index contributed by atoms with van der Waals surface area (Å²) < 4.78 is 5.27. The van der Waals surface area contributed by atoms with Gasteiger partial charge in [0.15, 0.2) is 0 Å². The lowest BCUT2D eigenvalue weighted by Gasteiger charge is -2.07. The van der Waals surface area contributed by atoms with Crippen molar-refractivity contribution in [2.24, 2.45) is 0 Å². The van der Waals surface area contributed by atoms with Crippen LogP contribution in [-0.4, -0.2) is 4.98 Å². The highest BCUT2D eigenvalue weighted by Crippen LogP contribution is 2.15. The maximum Gasteiger partial charge on any atom is 0.203 e. The molecule has 0 radical (unpaired) electrons. The summed E-state index contributed by atoms with van der Waals surface area (Å²) in [6, 6.07) is 9.36. The summed E-state index contributed by atoms with van der Waals surface area (Å²) in [5.74, 6) is 1.07. The Bertz CT molecular complexity index is 566. The molecule has 0 aliphatic rings. The predicted octanol–water partition coefficient (Wildman–Crippen LogP) is 2.78. The highest BCUT2D eigenvalue weighted by molar-refractivity contribution is 5.47. The van der Waals surface area contributed by atoms with Gasteiger partial charge in [0.25, 0.3) is 0 Å². The van der Waals surface area contributed by atoms with Crippen molar-refractivity contribution in [1.82, 2.24) is 4.98 Å². The molecular formula is C13H13N3O. The van der Waals surface area contributed by atoms with Crippen molar-refractivity contribution in [2.45, 2.75) is 20.4 Å². The van der Waals surface area contributed by atoms with Gasteiger partial charge in [-0.15, -0.1) is 0 Å². The van der Waals surface area contributed by atoms with Gasteiger partial charge in [-0.3, -0.25) is 4.98 Å². The van der Waals surface area contributed by atoms with E-state index in [1.54, 1.807) is 12.1 Å². The van der Waals surface area contributed by atoms with Crippen molar-refractivity contribution in [3.63, 3.8) is 0 Å². The zero-order valence-electron chi connectivity index (χ0n) is 9.82.